The van der Waals surface area contributed by atoms with Crippen molar-refractivity contribution in [3.05, 3.63) is 5.01 Å². The van der Waals surface area contributed by atoms with Crippen LogP contribution in [0, 0.1) is 6.92 Å². The van der Waals surface area contributed by atoms with Crippen molar-refractivity contribution in [2.75, 3.05) is 31.7 Å². The van der Waals surface area contributed by atoms with E-state index in [1.807, 2.05) is 6.92 Å². The molecular weight excluding hydrogens is 254 g/mol. The highest BCUT2D eigenvalue weighted by Crippen LogP contribution is 2.12. The van der Waals surface area contributed by atoms with Gasteiger partial charge in [-0.05, 0) is 13.3 Å². The number of hydrogen-bond acceptors (Lipinski definition) is 6. The predicted molar refractivity (Wildman–Crippen MR) is 69.8 cm³/mol. The summed E-state index contributed by atoms with van der Waals surface area (Å²) < 4.78 is 10.5. The van der Waals surface area contributed by atoms with Gasteiger partial charge in [0.05, 0.1) is 13.2 Å². The Morgan fingerprint density at radius 2 is 2.06 bits per heavy atom. The average Bonchev–Trinajstić information content (AvgIpc) is 2.73. The first kappa shape index (κ1) is 15.0. The summed E-state index contributed by atoms with van der Waals surface area (Å²) in [5, 5.41) is 11.5. The molecule has 0 bridgehead atoms. The van der Waals surface area contributed by atoms with Crippen LogP contribution in [-0.4, -0.2) is 42.5 Å². The maximum Gasteiger partial charge on any atom is 0.252 e. The van der Waals surface area contributed by atoms with Crippen LogP contribution in [0.25, 0.3) is 0 Å². The molecule has 1 N–H and O–H groups in total. The molecule has 0 unspecified atom stereocenters. The van der Waals surface area contributed by atoms with E-state index in [9.17, 15) is 4.79 Å². The zero-order chi connectivity index (χ0) is 13.2. The number of rotatable bonds is 9. The summed E-state index contributed by atoms with van der Waals surface area (Å²) in [5.41, 5.74) is 0. The number of amides is 1. The number of aromatic nitrogens is 2. The van der Waals surface area contributed by atoms with Gasteiger partial charge in [-0.25, -0.2) is 0 Å². The number of anilines is 1. The van der Waals surface area contributed by atoms with E-state index in [2.05, 4.69) is 22.4 Å². The first-order valence-electron chi connectivity index (χ1n) is 5.97. The zero-order valence-electron chi connectivity index (χ0n) is 10.8. The number of nitrogens with one attached hydrogen (secondary N) is 1. The largest absolute Gasteiger partial charge is 0.379 e. The molecule has 1 rings (SSSR count). The standard InChI is InChI=1S/C11H19N3O3S/c1-3-4-5-16-6-7-17-8-10(15)12-11-14-13-9(2)18-11/h3-8H2,1-2H3,(H,12,14,15). The summed E-state index contributed by atoms with van der Waals surface area (Å²) in [6.07, 6.45) is 2.17. The van der Waals surface area contributed by atoms with E-state index in [1.165, 1.54) is 11.3 Å². The second-order valence-corrected chi connectivity index (χ2v) is 4.87. The van der Waals surface area contributed by atoms with Crippen LogP contribution in [0.1, 0.15) is 24.8 Å². The second-order valence-electron chi connectivity index (χ2n) is 3.69. The number of ether oxygens (including phenoxy) is 2. The van der Waals surface area contributed by atoms with Gasteiger partial charge in [0, 0.05) is 6.61 Å². The molecule has 102 valence electrons. The quantitative estimate of drug-likeness (QED) is 0.692. The normalized spacial score (nSPS) is 10.6. The molecule has 0 atom stereocenters. The van der Waals surface area contributed by atoms with Crippen LogP contribution in [0.2, 0.25) is 0 Å². The number of unbranched alkanes of at least 4 members (excludes halogenated alkanes) is 1. The fraction of sp³-hybridized carbons (Fsp3) is 0.727. The van der Waals surface area contributed by atoms with Crippen molar-refractivity contribution in [1.29, 1.82) is 0 Å². The van der Waals surface area contributed by atoms with Crippen molar-refractivity contribution in [3.8, 4) is 0 Å². The van der Waals surface area contributed by atoms with E-state index in [4.69, 9.17) is 9.47 Å². The summed E-state index contributed by atoms with van der Waals surface area (Å²) in [4.78, 5) is 11.4. The Labute approximate surface area is 111 Å². The Balaban J connectivity index is 2.00. The SMILES string of the molecule is CCCCOCCOCC(=O)Nc1nnc(C)s1. The Bertz CT molecular complexity index is 357. The summed E-state index contributed by atoms with van der Waals surface area (Å²) in [6, 6.07) is 0. The summed E-state index contributed by atoms with van der Waals surface area (Å²) in [7, 11) is 0. The highest BCUT2D eigenvalue weighted by Gasteiger charge is 2.05. The molecule has 18 heavy (non-hydrogen) atoms. The summed E-state index contributed by atoms with van der Waals surface area (Å²) >= 11 is 1.33. The first-order valence-corrected chi connectivity index (χ1v) is 6.79. The Morgan fingerprint density at radius 1 is 1.28 bits per heavy atom. The lowest BCUT2D eigenvalue weighted by Gasteiger charge is -2.04. The van der Waals surface area contributed by atoms with Crippen molar-refractivity contribution in [3.63, 3.8) is 0 Å². The van der Waals surface area contributed by atoms with Crippen molar-refractivity contribution in [1.82, 2.24) is 10.2 Å². The lowest BCUT2D eigenvalue weighted by molar-refractivity contribution is -0.121. The molecule has 1 aromatic heterocycles. The van der Waals surface area contributed by atoms with Crippen molar-refractivity contribution in [2.24, 2.45) is 0 Å². The highest BCUT2D eigenvalue weighted by molar-refractivity contribution is 7.15. The fourth-order valence-electron chi connectivity index (χ4n) is 1.13. The molecule has 6 nitrogen and oxygen atoms in total. The number of carbonyl (C=O) groups is 1. The van der Waals surface area contributed by atoms with Gasteiger partial charge in [-0.2, -0.15) is 0 Å². The minimum absolute atomic E-state index is 0.00969. The van der Waals surface area contributed by atoms with Crippen molar-refractivity contribution in [2.45, 2.75) is 26.7 Å². The van der Waals surface area contributed by atoms with E-state index in [-0.39, 0.29) is 12.5 Å². The molecule has 0 spiro atoms. The van der Waals surface area contributed by atoms with Crippen LogP contribution in [0.4, 0.5) is 5.13 Å². The first-order chi connectivity index (χ1) is 8.72. The lowest BCUT2D eigenvalue weighted by atomic mass is 10.4. The van der Waals surface area contributed by atoms with Gasteiger partial charge in [0.1, 0.15) is 11.6 Å². The molecule has 0 aliphatic heterocycles. The van der Waals surface area contributed by atoms with Gasteiger partial charge >= 0.3 is 0 Å². The van der Waals surface area contributed by atoms with E-state index >= 15 is 0 Å². The van der Waals surface area contributed by atoms with Crippen LogP contribution >= 0.6 is 11.3 Å². The zero-order valence-corrected chi connectivity index (χ0v) is 11.6. The van der Waals surface area contributed by atoms with Crippen molar-refractivity contribution < 1.29 is 14.3 Å². The van der Waals surface area contributed by atoms with Crippen LogP contribution in [-0.2, 0) is 14.3 Å². The van der Waals surface area contributed by atoms with Crippen LogP contribution < -0.4 is 5.32 Å². The van der Waals surface area contributed by atoms with Gasteiger partial charge in [0.2, 0.25) is 5.13 Å². The second kappa shape index (κ2) is 8.96. The Kier molecular flexibility index (Phi) is 7.47. The third-order valence-electron chi connectivity index (χ3n) is 2.02. The van der Waals surface area contributed by atoms with Gasteiger partial charge in [-0.1, -0.05) is 24.7 Å². The third kappa shape index (κ3) is 6.63. The fourth-order valence-corrected chi connectivity index (χ4v) is 1.74. The Hall–Kier alpha value is -1.05. The lowest BCUT2D eigenvalue weighted by Crippen LogP contribution is -2.19. The maximum absolute atomic E-state index is 11.4. The van der Waals surface area contributed by atoms with Gasteiger partial charge in [-0.3, -0.25) is 10.1 Å². The molecule has 0 aliphatic rings. The van der Waals surface area contributed by atoms with Gasteiger partial charge in [0.15, 0.2) is 0 Å². The molecule has 0 aromatic carbocycles. The molecule has 0 saturated heterocycles. The number of aryl methyl sites for hydroxylation is 1. The molecule has 7 heteroatoms. The summed E-state index contributed by atoms with van der Waals surface area (Å²) in [5.74, 6) is -0.222. The molecule has 1 aromatic rings. The predicted octanol–water partition coefficient (Wildman–Crippen LogP) is 1.62. The van der Waals surface area contributed by atoms with Crippen LogP contribution in [0.15, 0.2) is 0 Å². The highest BCUT2D eigenvalue weighted by atomic mass is 32.1. The number of hydrogen-bond donors (Lipinski definition) is 1. The van der Waals surface area contributed by atoms with E-state index < -0.39 is 0 Å². The van der Waals surface area contributed by atoms with Crippen molar-refractivity contribution >= 4 is 22.4 Å². The molecule has 0 radical (unpaired) electrons. The monoisotopic (exact) mass is 273 g/mol. The minimum atomic E-state index is -0.222. The summed E-state index contributed by atoms with van der Waals surface area (Å²) in [6.45, 7) is 5.64. The average molecular weight is 273 g/mol. The topological polar surface area (TPSA) is 73.3 Å². The number of nitrogens with zero attached hydrogens (tertiary/aromatic N) is 2. The number of carbonyl (C=O) groups excluding carboxylic acids is 1. The molecule has 0 aliphatic carbocycles. The third-order valence-corrected chi connectivity index (χ3v) is 2.77. The Morgan fingerprint density at radius 3 is 2.72 bits per heavy atom. The molecule has 0 saturated carbocycles. The van der Waals surface area contributed by atoms with E-state index in [0.717, 1.165) is 24.5 Å². The van der Waals surface area contributed by atoms with Gasteiger partial charge in [-0.15, -0.1) is 10.2 Å². The van der Waals surface area contributed by atoms with Crippen LogP contribution in [0.3, 0.4) is 0 Å². The minimum Gasteiger partial charge on any atom is -0.379 e. The molecule has 1 amide bonds. The van der Waals surface area contributed by atoms with Crippen LogP contribution in [0.5, 0.6) is 0 Å². The van der Waals surface area contributed by atoms with E-state index in [1.54, 1.807) is 0 Å². The molecular formula is C11H19N3O3S. The van der Waals surface area contributed by atoms with Gasteiger partial charge < -0.3 is 9.47 Å². The maximum atomic E-state index is 11.4. The smallest absolute Gasteiger partial charge is 0.252 e. The molecule has 0 fully saturated rings. The molecule has 1 heterocycles. The van der Waals surface area contributed by atoms with E-state index in [0.29, 0.717) is 18.3 Å². The van der Waals surface area contributed by atoms with Gasteiger partial charge in [0.25, 0.3) is 5.91 Å².